The van der Waals surface area contributed by atoms with Gasteiger partial charge in [-0.3, -0.25) is 0 Å². The molecule has 1 fully saturated rings. The third kappa shape index (κ3) is 8.40. The Bertz CT molecular complexity index is 1070. The first-order valence-corrected chi connectivity index (χ1v) is 14.7. The number of rotatable bonds is 12. The van der Waals surface area contributed by atoms with Gasteiger partial charge in [0.05, 0.1) is 0 Å². The predicted molar refractivity (Wildman–Crippen MR) is 153 cm³/mol. The number of halogens is 3. The predicted octanol–water partition coefficient (Wildman–Crippen LogP) is 10.4. The van der Waals surface area contributed by atoms with Crippen LogP contribution in [0, 0.1) is 17.6 Å². The molecule has 0 aromatic heterocycles. The number of hydrogen-bond donors (Lipinski definition) is 0. The summed E-state index contributed by atoms with van der Waals surface area (Å²) in [6.45, 7) is 2.26. The first-order valence-electron chi connectivity index (χ1n) is 14.3. The zero-order valence-electron chi connectivity index (χ0n) is 22.3. The maximum atomic E-state index is 14.8. The Balaban J connectivity index is 1.22. The minimum atomic E-state index is -0.415. The highest BCUT2D eigenvalue weighted by molar-refractivity contribution is 6.30. The summed E-state index contributed by atoms with van der Waals surface area (Å²) in [5, 5.41) is 0.668. The standard InChI is InChI=1S/C34H41ClF2/c1-2-3-4-5-6-25-9-16-29(17-10-25)30-18-11-26(12-19-30)7-8-28-23-33(36)32(34(37)24-28)22-15-27-13-20-31(35)21-14-27/h9-10,13-14,16-17,20-21,23-24,26,30H,2-8,11-12,15,18-19,22H2,1H3. The van der Waals surface area contributed by atoms with E-state index in [4.69, 9.17) is 11.6 Å². The van der Waals surface area contributed by atoms with Gasteiger partial charge in [0.2, 0.25) is 0 Å². The largest absolute Gasteiger partial charge is 0.207 e. The summed E-state index contributed by atoms with van der Waals surface area (Å²) in [5.74, 6) is 0.466. The number of hydrogen-bond acceptors (Lipinski definition) is 0. The van der Waals surface area contributed by atoms with E-state index in [-0.39, 0.29) is 5.56 Å². The molecule has 0 nitrogen and oxygen atoms in total. The molecule has 3 aromatic carbocycles. The van der Waals surface area contributed by atoms with Gasteiger partial charge in [-0.2, -0.15) is 0 Å². The maximum Gasteiger partial charge on any atom is 0.129 e. The highest BCUT2D eigenvalue weighted by Gasteiger charge is 2.22. The summed E-state index contributed by atoms with van der Waals surface area (Å²) >= 11 is 5.92. The lowest BCUT2D eigenvalue weighted by atomic mass is 9.76. The minimum Gasteiger partial charge on any atom is -0.207 e. The van der Waals surface area contributed by atoms with Gasteiger partial charge in [0.25, 0.3) is 0 Å². The van der Waals surface area contributed by atoms with Crippen molar-refractivity contribution in [1.29, 1.82) is 0 Å². The molecule has 4 rings (SSSR count). The average molecular weight is 523 g/mol. The van der Waals surface area contributed by atoms with Crippen molar-refractivity contribution in [2.24, 2.45) is 5.92 Å². The van der Waals surface area contributed by atoms with Crippen molar-refractivity contribution >= 4 is 11.6 Å². The Hall–Kier alpha value is -2.19. The molecule has 1 aliphatic carbocycles. The van der Waals surface area contributed by atoms with Crippen molar-refractivity contribution in [2.45, 2.75) is 96.3 Å². The zero-order valence-corrected chi connectivity index (χ0v) is 23.0. The van der Waals surface area contributed by atoms with E-state index < -0.39 is 11.6 Å². The van der Waals surface area contributed by atoms with Crippen LogP contribution in [0.3, 0.4) is 0 Å². The molecule has 37 heavy (non-hydrogen) atoms. The van der Waals surface area contributed by atoms with Crippen LogP contribution >= 0.6 is 11.6 Å². The molecule has 0 N–H and O–H groups in total. The third-order valence-corrected chi connectivity index (χ3v) is 8.49. The molecule has 0 amide bonds. The summed E-state index contributed by atoms with van der Waals surface area (Å²) in [4.78, 5) is 0. The quantitative estimate of drug-likeness (QED) is 0.207. The highest BCUT2D eigenvalue weighted by atomic mass is 35.5. The van der Waals surface area contributed by atoms with E-state index in [1.54, 1.807) is 12.1 Å². The maximum absolute atomic E-state index is 14.8. The van der Waals surface area contributed by atoms with Gasteiger partial charge in [-0.1, -0.05) is 74.2 Å². The number of aryl methyl sites for hydroxylation is 3. The SMILES string of the molecule is CCCCCCc1ccc(C2CCC(CCc3cc(F)c(CCc4ccc(Cl)cc4)c(F)c3)CC2)cc1. The molecule has 1 saturated carbocycles. The lowest BCUT2D eigenvalue weighted by molar-refractivity contribution is 0.310. The Morgan fingerprint density at radius 3 is 1.95 bits per heavy atom. The number of unbranched alkanes of at least 4 members (excludes halogenated alkanes) is 3. The minimum absolute atomic E-state index is 0.186. The smallest absolute Gasteiger partial charge is 0.129 e. The fraction of sp³-hybridized carbons (Fsp3) is 0.471. The van der Waals surface area contributed by atoms with Crippen molar-refractivity contribution in [3.63, 3.8) is 0 Å². The second kappa shape index (κ2) is 14.1. The van der Waals surface area contributed by atoms with Crippen molar-refractivity contribution in [1.82, 2.24) is 0 Å². The third-order valence-electron chi connectivity index (χ3n) is 8.24. The van der Waals surface area contributed by atoms with Crippen LogP contribution in [0.4, 0.5) is 8.78 Å². The van der Waals surface area contributed by atoms with Crippen LogP contribution in [-0.4, -0.2) is 0 Å². The molecule has 0 spiro atoms. The first kappa shape index (κ1) is 27.8. The van der Waals surface area contributed by atoms with E-state index in [0.29, 0.717) is 29.7 Å². The van der Waals surface area contributed by atoms with Crippen LogP contribution in [0.5, 0.6) is 0 Å². The summed E-state index contributed by atoms with van der Waals surface area (Å²) in [5.41, 5.74) is 4.94. The van der Waals surface area contributed by atoms with Gasteiger partial charge in [0, 0.05) is 10.6 Å². The second-order valence-electron chi connectivity index (χ2n) is 11.0. The Kier molecular flexibility index (Phi) is 10.6. The van der Waals surface area contributed by atoms with Crippen molar-refractivity contribution in [3.05, 3.63) is 105 Å². The van der Waals surface area contributed by atoms with Crippen LogP contribution in [0.2, 0.25) is 5.02 Å². The Morgan fingerprint density at radius 2 is 1.30 bits per heavy atom. The first-order chi connectivity index (χ1) is 18.0. The molecular weight excluding hydrogens is 482 g/mol. The lowest BCUT2D eigenvalue weighted by Crippen LogP contribution is -2.14. The van der Waals surface area contributed by atoms with Crippen molar-refractivity contribution in [2.75, 3.05) is 0 Å². The molecule has 0 atom stereocenters. The van der Waals surface area contributed by atoms with Gasteiger partial charge in [-0.25, -0.2) is 8.78 Å². The van der Waals surface area contributed by atoms with E-state index in [9.17, 15) is 8.78 Å². The van der Waals surface area contributed by atoms with Gasteiger partial charge in [0.1, 0.15) is 11.6 Å². The van der Waals surface area contributed by atoms with Crippen LogP contribution in [0.25, 0.3) is 0 Å². The summed E-state index contributed by atoms with van der Waals surface area (Å²) in [6, 6.07) is 19.9. The van der Waals surface area contributed by atoms with E-state index >= 15 is 0 Å². The van der Waals surface area contributed by atoms with Gasteiger partial charge in [-0.15, -0.1) is 0 Å². The molecule has 0 aliphatic heterocycles. The lowest BCUT2D eigenvalue weighted by Gasteiger charge is -2.29. The summed E-state index contributed by atoms with van der Waals surface area (Å²) in [6.07, 6.45) is 14.0. The molecule has 3 aromatic rings. The van der Waals surface area contributed by atoms with Gasteiger partial charge >= 0.3 is 0 Å². The molecule has 1 aliphatic rings. The zero-order chi connectivity index (χ0) is 26.0. The summed E-state index contributed by atoms with van der Waals surface area (Å²) in [7, 11) is 0. The topological polar surface area (TPSA) is 0 Å². The van der Waals surface area contributed by atoms with Crippen LogP contribution < -0.4 is 0 Å². The highest BCUT2D eigenvalue weighted by Crippen LogP contribution is 2.37. The van der Waals surface area contributed by atoms with Crippen LogP contribution in [0.15, 0.2) is 60.7 Å². The molecule has 198 valence electrons. The molecule has 3 heteroatoms. The fourth-order valence-corrected chi connectivity index (χ4v) is 5.95. The van der Waals surface area contributed by atoms with E-state index in [0.717, 1.165) is 24.0 Å². The molecule has 0 bridgehead atoms. The molecule has 0 saturated heterocycles. The van der Waals surface area contributed by atoms with Crippen molar-refractivity contribution in [3.8, 4) is 0 Å². The molecule has 0 radical (unpaired) electrons. The molecule has 0 heterocycles. The average Bonchev–Trinajstić information content (AvgIpc) is 2.91. The van der Waals surface area contributed by atoms with E-state index in [2.05, 4.69) is 31.2 Å². The normalized spacial score (nSPS) is 17.7. The molecule has 0 unspecified atom stereocenters. The van der Waals surface area contributed by atoms with E-state index in [1.807, 2.05) is 24.3 Å². The van der Waals surface area contributed by atoms with Gasteiger partial charge in [-0.05, 0) is 123 Å². The number of benzene rings is 3. The van der Waals surface area contributed by atoms with Gasteiger partial charge < -0.3 is 0 Å². The second-order valence-corrected chi connectivity index (χ2v) is 11.4. The fourth-order valence-electron chi connectivity index (χ4n) is 5.83. The Labute approximate surface area is 227 Å². The molecular formula is C34H41ClF2. The van der Waals surface area contributed by atoms with Crippen molar-refractivity contribution < 1.29 is 8.78 Å². The van der Waals surface area contributed by atoms with Crippen LogP contribution in [0.1, 0.15) is 98.4 Å². The summed E-state index contributed by atoms with van der Waals surface area (Å²) < 4.78 is 29.5. The van der Waals surface area contributed by atoms with E-state index in [1.165, 1.54) is 68.9 Å². The van der Waals surface area contributed by atoms with Crippen LogP contribution in [-0.2, 0) is 25.7 Å². The van der Waals surface area contributed by atoms with Gasteiger partial charge in [0.15, 0.2) is 0 Å². The Morgan fingerprint density at radius 1 is 0.676 bits per heavy atom. The monoisotopic (exact) mass is 522 g/mol.